The SMILES string of the molecule is CCC(CC)C(=O)N(Cc1cc(NC(=O)C(C)C)ccc1N(C)C)CC(C)C. The summed E-state index contributed by atoms with van der Waals surface area (Å²) in [6.45, 7) is 13.5. The first-order valence-electron chi connectivity index (χ1n) is 10.5. The van der Waals surface area contributed by atoms with Gasteiger partial charge in [-0.05, 0) is 42.5 Å². The monoisotopic (exact) mass is 389 g/mol. The van der Waals surface area contributed by atoms with Crippen LogP contribution in [0.1, 0.15) is 59.9 Å². The Morgan fingerprint density at radius 2 is 1.64 bits per heavy atom. The number of nitrogens with one attached hydrogen (secondary N) is 1. The van der Waals surface area contributed by atoms with E-state index in [4.69, 9.17) is 0 Å². The second kappa shape index (κ2) is 11.1. The van der Waals surface area contributed by atoms with Gasteiger partial charge in [-0.15, -0.1) is 0 Å². The van der Waals surface area contributed by atoms with Gasteiger partial charge in [-0.2, -0.15) is 0 Å². The highest BCUT2D eigenvalue weighted by Crippen LogP contribution is 2.26. The maximum absolute atomic E-state index is 13.1. The number of rotatable bonds is 10. The summed E-state index contributed by atoms with van der Waals surface area (Å²) in [6.07, 6.45) is 1.71. The molecule has 0 unspecified atom stereocenters. The van der Waals surface area contributed by atoms with Gasteiger partial charge < -0.3 is 15.1 Å². The minimum Gasteiger partial charge on any atom is -0.377 e. The molecule has 0 atom stereocenters. The van der Waals surface area contributed by atoms with Crippen molar-refractivity contribution in [3.8, 4) is 0 Å². The Morgan fingerprint density at radius 1 is 1.04 bits per heavy atom. The standard InChI is InChI=1S/C23H39N3O2/c1-9-18(10-2)23(28)26(14-16(3)4)15-19-13-20(24-22(27)17(5)6)11-12-21(19)25(7)8/h11-13,16-18H,9-10,14-15H2,1-8H3,(H,24,27). The van der Waals surface area contributed by atoms with Gasteiger partial charge in [0.1, 0.15) is 0 Å². The van der Waals surface area contributed by atoms with Crippen LogP contribution in [0.5, 0.6) is 0 Å². The van der Waals surface area contributed by atoms with Crippen LogP contribution in [0.2, 0.25) is 0 Å². The lowest BCUT2D eigenvalue weighted by molar-refractivity contribution is -0.137. The molecule has 1 N–H and O–H groups in total. The van der Waals surface area contributed by atoms with E-state index in [9.17, 15) is 9.59 Å². The summed E-state index contributed by atoms with van der Waals surface area (Å²) in [5.41, 5.74) is 2.89. The van der Waals surface area contributed by atoms with Gasteiger partial charge in [-0.3, -0.25) is 9.59 Å². The fourth-order valence-electron chi connectivity index (χ4n) is 3.29. The average Bonchev–Trinajstić information content (AvgIpc) is 2.61. The highest BCUT2D eigenvalue weighted by Gasteiger charge is 2.23. The van der Waals surface area contributed by atoms with E-state index in [2.05, 4.69) is 37.9 Å². The molecule has 1 aromatic carbocycles. The predicted molar refractivity (Wildman–Crippen MR) is 119 cm³/mol. The molecule has 0 radical (unpaired) electrons. The number of benzene rings is 1. The van der Waals surface area contributed by atoms with Crippen molar-refractivity contribution in [3.05, 3.63) is 23.8 Å². The summed E-state index contributed by atoms with van der Waals surface area (Å²) >= 11 is 0. The molecule has 2 amide bonds. The number of nitrogens with zero attached hydrogens (tertiary/aromatic N) is 2. The minimum atomic E-state index is -0.0779. The van der Waals surface area contributed by atoms with Crippen molar-refractivity contribution in [2.24, 2.45) is 17.8 Å². The van der Waals surface area contributed by atoms with Crippen LogP contribution in [-0.2, 0) is 16.1 Å². The molecule has 0 heterocycles. The highest BCUT2D eigenvalue weighted by molar-refractivity contribution is 5.92. The normalized spacial score (nSPS) is 11.2. The number of anilines is 2. The van der Waals surface area contributed by atoms with Crippen molar-refractivity contribution in [1.29, 1.82) is 0 Å². The van der Waals surface area contributed by atoms with Gasteiger partial charge >= 0.3 is 0 Å². The predicted octanol–water partition coefficient (Wildman–Crippen LogP) is 4.77. The Bertz CT molecular complexity index is 649. The van der Waals surface area contributed by atoms with E-state index in [-0.39, 0.29) is 23.7 Å². The van der Waals surface area contributed by atoms with Crippen LogP contribution in [0.3, 0.4) is 0 Å². The summed E-state index contributed by atoms with van der Waals surface area (Å²) in [7, 11) is 4.00. The molecule has 158 valence electrons. The molecule has 5 nitrogen and oxygen atoms in total. The summed E-state index contributed by atoms with van der Waals surface area (Å²) in [5, 5.41) is 2.98. The van der Waals surface area contributed by atoms with Gasteiger partial charge in [0.15, 0.2) is 0 Å². The second-order valence-electron chi connectivity index (χ2n) is 8.51. The molecule has 0 aromatic heterocycles. The van der Waals surface area contributed by atoms with Crippen molar-refractivity contribution in [3.63, 3.8) is 0 Å². The number of hydrogen-bond donors (Lipinski definition) is 1. The lowest BCUT2D eigenvalue weighted by Gasteiger charge is -2.30. The number of amides is 2. The van der Waals surface area contributed by atoms with Crippen LogP contribution in [0.25, 0.3) is 0 Å². The van der Waals surface area contributed by atoms with E-state index >= 15 is 0 Å². The highest BCUT2D eigenvalue weighted by atomic mass is 16.2. The Morgan fingerprint density at radius 3 is 2.11 bits per heavy atom. The number of carbonyl (C=O) groups is 2. The molecule has 5 heteroatoms. The summed E-state index contributed by atoms with van der Waals surface area (Å²) in [4.78, 5) is 29.3. The maximum Gasteiger partial charge on any atom is 0.226 e. The zero-order valence-corrected chi connectivity index (χ0v) is 19.0. The third-order valence-electron chi connectivity index (χ3n) is 4.95. The molecule has 0 aliphatic rings. The molecule has 0 spiro atoms. The Hall–Kier alpha value is -2.04. The smallest absolute Gasteiger partial charge is 0.226 e. The molecule has 0 aliphatic carbocycles. The molecular weight excluding hydrogens is 350 g/mol. The zero-order chi connectivity index (χ0) is 21.4. The largest absolute Gasteiger partial charge is 0.377 e. The molecular formula is C23H39N3O2. The lowest BCUT2D eigenvalue weighted by atomic mass is 10.00. The van der Waals surface area contributed by atoms with Crippen molar-refractivity contribution >= 4 is 23.2 Å². The first-order valence-corrected chi connectivity index (χ1v) is 10.5. The second-order valence-corrected chi connectivity index (χ2v) is 8.51. The van der Waals surface area contributed by atoms with E-state index < -0.39 is 0 Å². The van der Waals surface area contributed by atoms with Crippen LogP contribution in [0.15, 0.2) is 18.2 Å². The maximum atomic E-state index is 13.1. The molecule has 0 saturated carbocycles. The molecule has 1 rings (SSSR count). The van der Waals surface area contributed by atoms with E-state index in [0.717, 1.165) is 36.3 Å². The topological polar surface area (TPSA) is 52.7 Å². The van der Waals surface area contributed by atoms with Gasteiger partial charge in [0.2, 0.25) is 11.8 Å². The third kappa shape index (κ3) is 6.84. The Kier molecular flexibility index (Phi) is 9.50. The van der Waals surface area contributed by atoms with Gasteiger partial charge in [-0.25, -0.2) is 0 Å². The van der Waals surface area contributed by atoms with E-state index in [0.29, 0.717) is 12.5 Å². The van der Waals surface area contributed by atoms with Crippen LogP contribution in [0.4, 0.5) is 11.4 Å². The van der Waals surface area contributed by atoms with Crippen LogP contribution >= 0.6 is 0 Å². The Labute approximate surface area is 171 Å². The van der Waals surface area contributed by atoms with E-state index in [1.807, 2.05) is 51.0 Å². The van der Waals surface area contributed by atoms with Crippen LogP contribution < -0.4 is 10.2 Å². The first-order chi connectivity index (χ1) is 13.1. The molecule has 0 fully saturated rings. The zero-order valence-electron chi connectivity index (χ0n) is 19.0. The van der Waals surface area contributed by atoms with Crippen molar-refractivity contribution in [1.82, 2.24) is 4.90 Å². The Balaban J connectivity index is 3.23. The summed E-state index contributed by atoms with van der Waals surface area (Å²) < 4.78 is 0. The minimum absolute atomic E-state index is 0.00399. The average molecular weight is 390 g/mol. The fraction of sp³-hybridized carbons (Fsp3) is 0.652. The lowest BCUT2D eigenvalue weighted by Crippen LogP contribution is -2.38. The molecule has 0 bridgehead atoms. The van der Waals surface area contributed by atoms with Gasteiger partial charge in [-0.1, -0.05) is 41.5 Å². The first kappa shape index (κ1) is 24.0. The molecule has 0 aliphatic heterocycles. The molecule has 1 aromatic rings. The van der Waals surface area contributed by atoms with Gasteiger partial charge in [0.05, 0.1) is 0 Å². The molecule has 28 heavy (non-hydrogen) atoms. The quantitative estimate of drug-likeness (QED) is 0.627. The number of hydrogen-bond acceptors (Lipinski definition) is 3. The van der Waals surface area contributed by atoms with Crippen LogP contribution in [0, 0.1) is 17.8 Å². The molecule has 0 saturated heterocycles. The van der Waals surface area contributed by atoms with Crippen LogP contribution in [-0.4, -0.2) is 37.4 Å². The van der Waals surface area contributed by atoms with Gasteiger partial charge in [0, 0.05) is 50.4 Å². The fourth-order valence-corrected chi connectivity index (χ4v) is 3.29. The number of carbonyl (C=O) groups excluding carboxylic acids is 2. The summed E-state index contributed by atoms with van der Waals surface area (Å²) in [6, 6.07) is 5.94. The summed E-state index contributed by atoms with van der Waals surface area (Å²) in [5.74, 6) is 0.594. The van der Waals surface area contributed by atoms with Gasteiger partial charge in [0.25, 0.3) is 0 Å². The van der Waals surface area contributed by atoms with Crippen molar-refractivity contribution in [2.75, 3.05) is 30.9 Å². The van der Waals surface area contributed by atoms with E-state index in [1.165, 1.54) is 0 Å². The van der Waals surface area contributed by atoms with E-state index in [1.54, 1.807) is 0 Å². The van der Waals surface area contributed by atoms with Crippen molar-refractivity contribution < 1.29 is 9.59 Å². The van der Waals surface area contributed by atoms with Crippen molar-refractivity contribution in [2.45, 2.75) is 60.9 Å². The third-order valence-corrected chi connectivity index (χ3v) is 4.95.